The van der Waals surface area contributed by atoms with E-state index in [1.807, 2.05) is 72.8 Å². The molecule has 0 aliphatic heterocycles. The Kier molecular flexibility index (Phi) is 9.60. The van der Waals surface area contributed by atoms with Crippen LogP contribution in [0.25, 0.3) is 11.1 Å². The van der Waals surface area contributed by atoms with Crippen LogP contribution in [0.15, 0.2) is 84.9 Å². The van der Waals surface area contributed by atoms with E-state index in [0.717, 1.165) is 27.8 Å². The van der Waals surface area contributed by atoms with E-state index in [0.29, 0.717) is 18.1 Å². The van der Waals surface area contributed by atoms with Gasteiger partial charge < -0.3 is 9.47 Å². The molecular weight excluding hydrogens is 573 g/mol. The molecule has 0 amide bonds. The number of benzene rings is 4. The zero-order chi connectivity index (χ0) is 29.6. The summed E-state index contributed by atoms with van der Waals surface area (Å²) in [6, 6.07) is 26.5. The zero-order valence-electron chi connectivity index (χ0n) is 21.3. The van der Waals surface area contributed by atoms with Crippen LogP contribution in [0.5, 0.6) is 11.5 Å². The number of ether oxygens (including phenoxy) is 2. The Bertz CT molecular complexity index is 1470. The lowest BCUT2D eigenvalue weighted by molar-refractivity contribution is -0.143. The van der Waals surface area contributed by atoms with Gasteiger partial charge in [-0.25, -0.2) is 8.78 Å². The lowest BCUT2D eigenvalue weighted by Crippen LogP contribution is -2.18. The van der Waals surface area contributed by atoms with Crippen LogP contribution in [0.3, 0.4) is 0 Å². The Hall–Kier alpha value is -3.98. The molecule has 0 heterocycles. The van der Waals surface area contributed by atoms with Crippen LogP contribution in [0, 0.1) is 23.3 Å². The molecule has 0 aromatic heterocycles. The van der Waals surface area contributed by atoms with Crippen LogP contribution in [0.2, 0.25) is 0 Å². The normalized spacial score (nSPS) is 12.2. The second-order valence-electron chi connectivity index (χ2n) is 8.70. The molecule has 0 fully saturated rings. The summed E-state index contributed by atoms with van der Waals surface area (Å²) in [6.07, 6.45) is -5.03. The molecule has 4 rings (SSSR count). The minimum Gasteiger partial charge on any atom is -0.490 e. The average molecular weight is 595 g/mol. The van der Waals surface area contributed by atoms with Gasteiger partial charge in [-0.05, 0) is 46.4 Å². The van der Waals surface area contributed by atoms with Gasteiger partial charge in [-0.3, -0.25) is 0 Å². The average Bonchev–Trinajstić information content (AvgIpc) is 2.96. The van der Waals surface area contributed by atoms with E-state index in [9.17, 15) is 30.7 Å². The number of halogens is 8. The van der Waals surface area contributed by atoms with Crippen LogP contribution in [0.1, 0.15) is 28.7 Å². The second-order valence-corrected chi connectivity index (χ2v) is 9.08. The lowest BCUT2D eigenvalue weighted by atomic mass is 9.88. The smallest absolute Gasteiger partial charge is 0.422 e. The molecule has 0 bridgehead atoms. The molecule has 0 spiro atoms. The highest BCUT2D eigenvalue weighted by molar-refractivity contribution is 6.18. The van der Waals surface area contributed by atoms with Crippen LogP contribution in [0.4, 0.5) is 30.7 Å². The van der Waals surface area contributed by atoms with Crippen molar-refractivity contribution in [3.63, 3.8) is 0 Å². The summed E-state index contributed by atoms with van der Waals surface area (Å²) in [7, 11) is 0. The van der Waals surface area contributed by atoms with Crippen molar-refractivity contribution in [3.05, 3.63) is 130 Å². The maximum atomic E-state index is 14.0. The summed E-state index contributed by atoms with van der Waals surface area (Å²) >= 11 is 6.17. The fourth-order valence-corrected chi connectivity index (χ4v) is 4.46. The Morgan fingerprint density at radius 3 is 1.61 bits per heavy atom. The number of allylic oxidation sites excluding steroid dienone is 1. The van der Waals surface area contributed by atoms with E-state index < -0.39 is 47.4 Å². The molecule has 0 aliphatic carbocycles. The third-order valence-electron chi connectivity index (χ3n) is 6.08. The fourth-order valence-electron chi connectivity index (χ4n) is 4.28. The summed E-state index contributed by atoms with van der Waals surface area (Å²) in [5.41, 5.74) is 2.18. The summed E-state index contributed by atoms with van der Waals surface area (Å²) in [5.74, 6) is -10.6. The Morgan fingerprint density at radius 1 is 0.610 bits per heavy atom. The summed E-state index contributed by atoms with van der Waals surface area (Å²) < 4.78 is 104. The van der Waals surface area contributed by atoms with Crippen molar-refractivity contribution in [1.82, 2.24) is 0 Å². The minimum atomic E-state index is -5.63. The van der Waals surface area contributed by atoms with Gasteiger partial charge in [0.25, 0.3) is 0 Å². The standard InChI is InChI=1S/C31H22ClF7O2/c32-16-15-23(19-7-3-1-4-8-19)24(20-9-5-2-6-10-20)21-11-13-22(14-12-21)40-17-18-41-30-28(35)26(33)25(31(37,38)39)27(34)29(30)36/h1-14H,15-18H2/b24-23-. The van der Waals surface area contributed by atoms with E-state index in [-0.39, 0.29) is 6.61 Å². The van der Waals surface area contributed by atoms with Crippen LogP contribution < -0.4 is 9.47 Å². The number of alkyl halides is 4. The van der Waals surface area contributed by atoms with Crippen molar-refractivity contribution >= 4 is 22.7 Å². The Morgan fingerprint density at radius 2 is 1.10 bits per heavy atom. The number of hydrogen-bond donors (Lipinski definition) is 0. The number of rotatable bonds is 10. The molecule has 0 N–H and O–H groups in total. The van der Waals surface area contributed by atoms with E-state index in [1.54, 1.807) is 12.1 Å². The molecule has 10 heteroatoms. The SMILES string of the molecule is Fc1c(F)c(C(F)(F)F)c(F)c(F)c1OCCOc1ccc(/C(=C(/CCCl)c2ccccc2)c2ccccc2)cc1. The van der Waals surface area contributed by atoms with Gasteiger partial charge in [0, 0.05) is 5.88 Å². The van der Waals surface area contributed by atoms with Gasteiger partial charge in [-0.1, -0.05) is 72.8 Å². The fraction of sp³-hybridized carbons (Fsp3) is 0.161. The first kappa shape index (κ1) is 30.0. The van der Waals surface area contributed by atoms with Crippen molar-refractivity contribution in [3.8, 4) is 11.5 Å². The molecular formula is C31H22ClF7O2. The predicted molar refractivity (Wildman–Crippen MR) is 143 cm³/mol. The lowest BCUT2D eigenvalue weighted by Gasteiger charge is -2.17. The summed E-state index contributed by atoms with van der Waals surface area (Å²) in [6.45, 7) is -0.936. The molecule has 2 nitrogen and oxygen atoms in total. The van der Waals surface area contributed by atoms with Crippen molar-refractivity contribution < 1.29 is 40.2 Å². The monoisotopic (exact) mass is 594 g/mol. The first-order valence-corrected chi connectivity index (χ1v) is 12.9. The molecule has 0 saturated heterocycles. The van der Waals surface area contributed by atoms with Crippen LogP contribution >= 0.6 is 11.6 Å². The number of hydrogen-bond acceptors (Lipinski definition) is 2. The van der Waals surface area contributed by atoms with Gasteiger partial charge in [0.1, 0.15) is 24.5 Å². The quantitative estimate of drug-likeness (QED) is 0.0599. The second kappa shape index (κ2) is 13.1. The molecule has 0 radical (unpaired) electrons. The van der Waals surface area contributed by atoms with E-state index >= 15 is 0 Å². The molecule has 41 heavy (non-hydrogen) atoms. The predicted octanol–water partition coefficient (Wildman–Crippen LogP) is 9.31. The summed E-state index contributed by atoms with van der Waals surface area (Å²) in [5, 5.41) is 0. The molecule has 0 saturated carbocycles. The maximum absolute atomic E-state index is 14.0. The summed E-state index contributed by atoms with van der Waals surface area (Å²) in [4.78, 5) is 0. The molecule has 0 aliphatic rings. The van der Waals surface area contributed by atoms with Crippen molar-refractivity contribution in [2.45, 2.75) is 12.6 Å². The first-order chi connectivity index (χ1) is 19.6. The van der Waals surface area contributed by atoms with Crippen molar-refractivity contribution in [2.75, 3.05) is 19.1 Å². The molecule has 4 aromatic rings. The van der Waals surface area contributed by atoms with Gasteiger partial charge in [-0.2, -0.15) is 22.0 Å². The third-order valence-corrected chi connectivity index (χ3v) is 6.27. The van der Waals surface area contributed by atoms with Gasteiger partial charge >= 0.3 is 6.18 Å². The van der Waals surface area contributed by atoms with Crippen LogP contribution in [-0.4, -0.2) is 19.1 Å². The Labute approximate surface area is 236 Å². The molecule has 214 valence electrons. The van der Waals surface area contributed by atoms with Crippen molar-refractivity contribution in [2.24, 2.45) is 0 Å². The van der Waals surface area contributed by atoms with E-state index in [4.69, 9.17) is 21.1 Å². The minimum absolute atomic E-state index is 0.328. The van der Waals surface area contributed by atoms with Gasteiger partial charge in [0.2, 0.25) is 11.6 Å². The Balaban J connectivity index is 1.53. The first-order valence-electron chi connectivity index (χ1n) is 12.3. The van der Waals surface area contributed by atoms with Gasteiger partial charge in [0.05, 0.1) is 0 Å². The van der Waals surface area contributed by atoms with Crippen LogP contribution in [-0.2, 0) is 6.18 Å². The van der Waals surface area contributed by atoms with Gasteiger partial charge in [-0.15, -0.1) is 11.6 Å². The van der Waals surface area contributed by atoms with E-state index in [1.165, 1.54) is 0 Å². The molecule has 0 unspecified atom stereocenters. The van der Waals surface area contributed by atoms with Gasteiger partial charge in [0.15, 0.2) is 17.4 Å². The highest BCUT2D eigenvalue weighted by Gasteiger charge is 2.42. The highest BCUT2D eigenvalue weighted by atomic mass is 35.5. The van der Waals surface area contributed by atoms with E-state index in [2.05, 4.69) is 0 Å². The third kappa shape index (κ3) is 6.85. The maximum Gasteiger partial charge on any atom is 0.422 e. The topological polar surface area (TPSA) is 18.5 Å². The van der Waals surface area contributed by atoms with Crippen molar-refractivity contribution in [1.29, 1.82) is 0 Å². The highest BCUT2D eigenvalue weighted by Crippen LogP contribution is 2.39. The zero-order valence-corrected chi connectivity index (χ0v) is 22.0. The molecule has 0 atom stereocenters. The largest absolute Gasteiger partial charge is 0.490 e. The molecule has 4 aromatic carbocycles.